The molecule has 0 fully saturated rings. The largest absolute Gasteiger partial charge is 0.484 e. The van der Waals surface area contributed by atoms with Crippen LogP contribution < -0.4 is 4.74 Å². The number of rotatable bonds is 11. The van der Waals surface area contributed by atoms with Gasteiger partial charge in [-0.05, 0) is 55.5 Å². The van der Waals surface area contributed by atoms with Crippen molar-refractivity contribution in [2.45, 2.75) is 65.7 Å². The van der Waals surface area contributed by atoms with Gasteiger partial charge in [0.05, 0.1) is 5.69 Å². The van der Waals surface area contributed by atoms with Gasteiger partial charge in [-0.25, -0.2) is 4.68 Å². The standard InChI is InChI=1S/C27H34N2O2/c1-4-5-6-7-8-12-15-26-21(2)28-29(22(26)3)27(30)20-31-25-18-16-24(17-19-25)23-13-10-9-11-14-23/h9-11,13-14,16-19H,4-8,12,15,20H2,1-3H3. The van der Waals surface area contributed by atoms with Crippen LogP contribution in [0.5, 0.6) is 5.75 Å². The first-order valence-electron chi connectivity index (χ1n) is 11.5. The van der Waals surface area contributed by atoms with Crippen molar-refractivity contribution in [3.05, 3.63) is 71.5 Å². The number of carbonyl (C=O) groups is 1. The first-order valence-corrected chi connectivity index (χ1v) is 11.5. The summed E-state index contributed by atoms with van der Waals surface area (Å²) in [6.45, 7) is 6.19. The highest BCUT2D eigenvalue weighted by atomic mass is 16.5. The van der Waals surface area contributed by atoms with Crippen LogP contribution in [0, 0.1) is 13.8 Å². The third-order valence-electron chi connectivity index (χ3n) is 5.78. The smallest absolute Gasteiger partial charge is 0.284 e. The highest BCUT2D eigenvalue weighted by molar-refractivity contribution is 5.80. The Labute approximate surface area is 186 Å². The summed E-state index contributed by atoms with van der Waals surface area (Å²) in [7, 11) is 0. The maximum atomic E-state index is 12.7. The van der Waals surface area contributed by atoms with E-state index in [9.17, 15) is 4.79 Å². The van der Waals surface area contributed by atoms with Crippen LogP contribution in [0.2, 0.25) is 0 Å². The molecule has 0 aliphatic carbocycles. The number of unbranched alkanes of at least 4 members (excludes halogenated alkanes) is 5. The van der Waals surface area contributed by atoms with Gasteiger partial charge in [-0.1, -0.05) is 81.5 Å². The molecule has 4 heteroatoms. The van der Waals surface area contributed by atoms with E-state index >= 15 is 0 Å². The molecule has 0 N–H and O–H groups in total. The lowest BCUT2D eigenvalue weighted by atomic mass is 10.0. The summed E-state index contributed by atoms with van der Waals surface area (Å²) in [6, 6.07) is 18.0. The van der Waals surface area contributed by atoms with Crippen LogP contribution in [-0.2, 0) is 6.42 Å². The van der Waals surface area contributed by atoms with E-state index in [0.29, 0.717) is 5.75 Å². The zero-order chi connectivity index (χ0) is 22.1. The molecule has 164 valence electrons. The lowest BCUT2D eigenvalue weighted by molar-refractivity contribution is 0.0818. The van der Waals surface area contributed by atoms with Crippen LogP contribution >= 0.6 is 0 Å². The molecule has 31 heavy (non-hydrogen) atoms. The number of carbonyl (C=O) groups excluding carboxylic acids is 1. The maximum absolute atomic E-state index is 12.7. The quantitative estimate of drug-likeness (QED) is 0.322. The van der Waals surface area contributed by atoms with Crippen LogP contribution in [-0.4, -0.2) is 22.3 Å². The summed E-state index contributed by atoms with van der Waals surface area (Å²) in [6.07, 6.45) is 8.56. The number of benzene rings is 2. The van der Waals surface area contributed by atoms with E-state index in [0.717, 1.165) is 35.4 Å². The SMILES string of the molecule is CCCCCCCCc1c(C)nn(C(=O)COc2ccc(-c3ccccc3)cc2)c1C. The molecule has 0 saturated heterocycles. The summed E-state index contributed by atoms with van der Waals surface area (Å²) in [5.41, 5.74) is 5.38. The predicted molar refractivity (Wildman–Crippen MR) is 127 cm³/mol. The fourth-order valence-corrected chi connectivity index (χ4v) is 3.94. The summed E-state index contributed by atoms with van der Waals surface area (Å²) >= 11 is 0. The maximum Gasteiger partial charge on any atom is 0.284 e. The van der Waals surface area contributed by atoms with Crippen molar-refractivity contribution in [1.82, 2.24) is 9.78 Å². The fraction of sp³-hybridized carbons (Fsp3) is 0.407. The van der Waals surface area contributed by atoms with Gasteiger partial charge in [0.1, 0.15) is 5.75 Å². The average Bonchev–Trinajstić information content (AvgIpc) is 3.09. The van der Waals surface area contributed by atoms with E-state index in [1.165, 1.54) is 42.3 Å². The number of aromatic nitrogens is 2. The predicted octanol–water partition coefficient (Wildman–Crippen LogP) is 6.79. The minimum Gasteiger partial charge on any atom is -0.484 e. The molecule has 3 aromatic rings. The molecule has 0 radical (unpaired) electrons. The Kier molecular flexibility index (Phi) is 8.45. The second-order valence-corrected chi connectivity index (χ2v) is 8.15. The molecule has 4 nitrogen and oxygen atoms in total. The number of hydrogen-bond acceptors (Lipinski definition) is 3. The Balaban J connectivity index is 1.53. The second kappa shape index (κ2) is 11.5. The molecule has 0 aliphatic rings. The lowest BCUT2D eigenvalue weighted by Gasteiger charge is -2.08. The van der Waals surface area contributed by atoms with E-state index in [4.69, 9.17) is 4.74 Å². The number of nitrogens with zero attached hydrogens (tertiary/aromatic N) is 2. The molecule has 0 bridgehead atoms. The first-order chi connectivity index (χ1) is 15.1. The minimum absolute atomic E-state index is 0.0247. The van der Waals surface area contributed by atoms with Crippen LogP contribution in [0.3, 0.4) is 0 Å². The van der Waals surface area contributed by atoms with Gasteiger partial charge in [-0.15, -0.1) is 0 Å². The monoisotopic (exact) mass is 418 g/mol. The third-order valence-corrected chi connectivity index (χ3v) is 5.78. The van der Waals surface area contributed by atoms with Crippen molar-refractivity contribution in [3.63, 3.8) is 0 Å². The van der Waals surface area contributed by atoms with Crippen molar-refractivity contribution >= 4 is 5.91 Å². The molecule has 0 aliphatic heterocycles. The topological polar surface area (TPSA) is 44.1 Å². The van der Waals surface area contributed by atoms with Gasteiger partial charge in [0, 0.05) is 5.69 Å². The Hall–Kier alpha value is -2.88. The Morgan fingerprint density at radius 1 is 0.871 bits per heavy atom. The molecule has 0 unspecified atom stereocenters. The number of hydrogen-bond donors (Lipinski definition) is 0. The molecular formula is C27H34N2O2. The molecule has 0 saturated carbocycles. The van der Waals surface area contributed by atoms with Gasteiger partial charge in [-0.3, -0.25) is 4.79 Å². The normalized spacial score (nSPS) is 10.9. The van der Waals surface area contributed by atoms with E-state index in [2.05, 4.69) is 24.2 Å². The van der Waals surface area contributed by atoms with Gasteiger partial charge < -0.3 is 4.74 Å². The second-order valence-electron chi connectivity index (χ2n) is 8.15. The molecular weight excluding hydrogens is 384 g/mol. The minimum atomic E-state index is -0.137. The Bertz CT molecular complexity index is 959. The Morgan fingerprint density at radius 3 is 2.23 bits per heavy atom. The van der Waals surface area contributed by atoms with Gasteiger partial charge in [0.2, 0.25) is 0 Å². The number of aryl methyl sites for hydroxylation is 1. The lowest BCUT2D eigenvalue weighted by Crippen LogP contribution is -2.21. The summed E-state index contributed by atoms with van der Waals surface area (Å²) < 4.78 is 7.26. The van der Waals surface area contributed by atoms with Crippen molar-refractivity contribution in [1.29, 1.82) is 0 Å². The average molecular weight is 419 g/mol. The van der Waals surface area contributed by atoms with Crippen molar-refractivity contribution in [2.75, 3.05) is 6.61 Å². The van der Waals surface area contributed by atoms with Crippen LogP contribution in [0.15, 0.2) is 54.6 Å². The molecule has 2 aromatic carbocycles. The van der Waals surface area contributed by atoms with Crippen LogP contribution in [0.1, 0.15) is 67.2 Å². The summed E-state index contributed by atoms with van der Waals surface area (Å²) in [5.74, 6) is 0.545. The van der Waals surface area contributed by atoms with Crippen molar-refractivity contribution in [2.24, 2.45) is 0 Å². The van der Waals surface area contributed by atoms with Gasteiger partial charge in [-0.2, -0.15) is 5.10 Å². The Morgan fingerprint density at radius 2 is 1.52 bits per heavy atom. The molecule has 3 rings (SSSR count). The first kappa shape index (κ1) is 22.8. The highest BCUT2D eigenvalue weighted by Crippen LogP contribution is 2.22. The van der Waals surface area contributed by atoms with Crippen LogP contribution in [0.25, 0.3) is 11.1 Å². The van der Waals surface area contributed by atoms with E-state index < -0.39 is 0 Å². The molecule has 0 amide bonds. The summed E-state index contributed by atoms with van der Waals surface area (Å²) in [4.78, 5) is 12.7. The van der Waals surface area contributed by atoms with Gasteiger partial charge >= 0.3 is 0 Å². The van der Waals surface area contributed by atoms with Gasteiger partial charge in [0.15, 0.2) is 6.61 Å². The molecule has 0 spiro atoms. The summed E-state index contributed by atoms with van der Waals surface area (Å²) in [5, 5.41) is 4.49. The van der Waals surface area contributed by atoms with Crippen molar-refractivity contribution < 1.29 is 9.53 Å². The third kappa shape index (κ3) is 6.30. The zero-order valence-electron chi connectivity index (χ0n) is 19.1. The van der Waals surface area contributed by atoms with E-state index in [1.807, 2.05) is 56.3 Å². The molecule has 1 aromatic heterocycles. The van der Waals surface area contributed by atoms with E-state index in [-0.39, 0.29) is 12.5 Å². The molecule has 1 heterocycles. The van der Waals surface area contributed by atoms with E-state index in [1.54, 1.807) is 0 Å². The van der Waals surface area contributed by atoms with Crippen LogP contribution in [0.4, 0.5) is 0 Å². The molecule has 0 atom stereocenters. The van der Waals surface area contributed by atoms with Gasteiger partial charge in [0.25, 0.3) is 5.91 Å². The zero-order valence-corrected chi connectivity index (χ0v) is 19.1. The highest BCUT2D eigenvalue weighted by Gasteiger charge is 2.16. The fourth-order valence-electron chi connectivity index (χ4n) is 3.94. The number of ether oxygens (including phenoxy) is 1. The van der Waals surface area contributed by atoms with Crippen molar-refractivity contribution in [3.8, 4) is 16.9 Å².